The molecule has 0 aliphatic rings. The van der Waals surface area contributed by atoms with E-state index in [1.807, 2.05) is 62.4 Å². The first kappa shape index (κ1) is 16.4. The van der Waals surface area contributed by atoms with E-state index in [-0.39, 0.29) is 11.5 Å². The Labute approximate surface area is 145 Å². The van der Waals surface area contributed by atoms with Crippen molar-refractivity contribution in [2.45, 2.75) is 13.8 Å². The number of aryl methyl sites for hydroxylation is 2. The quantitative estimate of drug-likeness (QED) is 0.501. The van der Waals surface area contributed by atoms with Crippen molar-refractivity contribution in [3.8, 4) is 0 Å². The van der Waals surface area contributed by atoms with Gasteiger partial charge in [-0.1, -0.05) is 35.4 Å². The van der Waals surface area contributed by atoms with Crippen LogP contribution in [0.5, 0.6) is 0 Å². The van der Waals surface area contributed by atoms with Crippen molar-refractivity contribution in [3.05, 3.63) is 81.9 Å². The van der Waals surface area contributed by atoms with Gasteiger partial charge in [0.2, 0.25) is 5.82 Å². The molecule has 2 aromatic carbocycles. The summed E-state index contributed by atoms with van der Waals surface area (Å²) in [6, 6.07) is 18.5. The van der Waals surface area contributed by atoms with E-state index >= 15 is 0 Å². The van der Waals surface area contributed by atoms with E-state index in [0.717, 1.165) is 22.5 Å². The summed E-state index contributed by atoms with van der Waals surface area (Å²) in [4.78, 5) is 15.2. The van der Waals surface area contributed by atoms with Gasteiger partial charge in [-0.2, -0.15) is 0 Å². The number of nitro groups is 1. The summed E-state index contributed by atoms with van der Waals surface area (Å²) < 4.78 is 0. The molecule has 6 nitrogen and oxygen atoms in total. The summed E-state index contributed by atoms with van der Waals surface area (Å²) in [6.07, 6.45) is 0. The zero-order valence-corrected chi connectivity index (χ0v) is 14.0. The lowest BCUT2D eigenvalue weighted by Crippen LogP contribution is -2.02. The molecule has 0 unspecified atom stereocenters. The number of hydrogen-bond donors (Lipinski definition) is 2. The van der Waals surface area contributed by atoms with E-state index < -0.39 is 4.92 Å². The van der Waals surface area contributed by atoms with Crippen molar-refractivity contribution >= 4 is 28.7 Å². The average Bonchev–Trinajstić information content (AvgIpc) is 2.59. The van der Waals surface area contributed by atoms with Gasteiger partial charge in [0.15, 0.2) is 0 Å². The zero-order valence-electron chi connectivity index (χ0n) is 14.0. The lowest BCUT2D eigenvalue weighted by atomic mass is 10.2. The Morgan fingerprint density at radius 3 is 1.84 bits per heavy atom. The van der Waals surface area contributed by atoms with E-state index in [0.29, 0.717) is 5.82 Å². The Morgan fingerprint density at radius 2 is 1.32 bits per heavy atom. The summed E-state index contributed by atoms with van der Waals surface area (Å²) in [5.74, 6) is 0.732. The minimum Gasteiger partial charge on any atom is -0.340 e. The van der Waals surface area contributed by atoms with Crippen LogP contribution in [0.3, 0.4) is 0 Å². The second-order valence-electron chi connectivity index (χ2n) is 5.80. The molecule has 6 heteroatoms. The van der Waals surface area contributed by atoms with Gasteiger partial charge in [-0.3, -0.25) is 10.1 Å². The van der Waals surface area contributed by atoms with Gasteiger partial charge >= 0.3 is 5.69 Å². The van der Waals surface area contributed by atoms with Gasteiger partial charge in [-0.15, -0.1) is 0 Å². The maximum absolute atomic E-state index is 11.3. The predicted octanol–water partition coefficient (Wildman–Crippen LogP) is 5.09. The Hall–Kier alpha value is -3.41. The Kier molecular flexibility index (Phi) is 4.61. The van der Waals surface area contributed by atoms with Crippen molar-refractivity contribution in [3.63, 3.8) is 0 Å². The molecule has 0 atom stereocenters. The zero-order chi connectivity index (χ0) is 17.8. The van der Waals surface area contributed by atoms with Gasteiger partial charge in [0.05, 0.1) is 4.92 Å². The largest absolute Gasteiger partial charge is 0.340 e. The molecule has 0 aliphatic carbocycles. The first-order valence-corrected chi connectivity index (χ1v) is 7.84. The van der Waals surface area contributed by atoms with Crippen LogP contribution in [0.2, 0.25) is 0 Å². The van der Waals surface area contributed by atoms with Gasteiger partial charge in [0.25, 0.3) is 0 Å². The molecule has 0 spiro atoms. The van der Waals surface area contributed by atoms with Gasteiger partial charge in [-0.05, 0) is 44.2 Å². The highest BCUT2D eigenvalue weighted by atomic mass is 16.6. The van der Waals surface area contributed by atoms with E-state index in [1.165, 1.54) is 6.07 Å². The maximum Gasteiger partial charge on any atom is 0.311 e. The molecule has 126 valence electrons. The van der Waals surface area contributed by atoms with E-state index in [1.54, 1.807) is 6.07 Å². The normalized spacial score (nSPS) is 10.3. The van der Waals surface area contributed by atoms with Crippen LogP contribution >= 0.6 is 0 Å². The fraction of sp³-hybridized carbons (Fsp3) is 0.105. The van der Waals surface area contributed by atoms with Crippen molar-refractivity contribution in [1.29, 1.82) is 0 Å². The minimum atomic E-state index is -0.445. The fourth-order valence-electron chi connectivity index (χ4n) is 2.32. The molecule has 0 radical (unpaired) electrons. The molecular weight excluding hydrogens is 316 g/mol. The van der Waals surface area contributed by atoms with Crippen LogP contribution in [0, 0.1) is 24.0 Å². The number of pyridine rings is 1. The van der Waals surface area contributed by atoms with Crippen LogP contribution in [0.1, 0.15) is 11.1 Å². The van der Waals surface area contributed by atoms with Crippen molar-refractivity contribution in [2.24, 2.45) is 0 Å². The topological polar surface area (TPSA) is 80.1 Å². The first-order chi connectivity index (χ1) is 12.0. The van der Waals surface area contributed by atoms with Gasteiger partial charge in [-0.25, -0.2) is 4.98 Å². The fourth-order valence-corrected chi connectivity index (χ4v) is 2.32. The third kappa shape index (κ3) is 4.11. The minimum absolute atomic E-state index is 0.0740. The van der Waals surface area contributed by atoms with Gasteiger partial charge in [0, 0.05) is 17.4 Å². The number of nitrogens with one attached hydrogen (secondary N) is 2. The highest BCUT2D eigenvalue weighted by Gasteiger charge is 2.16. The van der Waals surface area contributed by atoms with Crippen LogP contribution in [-0.4, -0.2) is 9.91 Å². The molecular formula is C19H18N4O2. The number of aromatic nitrogens is 1. The maximum atomic E-state index is 11.3. The molecule has 3 rings (SSSR count). The van der Waals surface area contributed by atoms with E-state index in [4.69, 9.17) is 0 Å². The molecule has 0 bridgehead atoms. The Balaban J connectivity index is 1.89. The molecule has 25 heavy (non-hydrogen) atoms. The number of benzene rings is 2. The second-order valence-corrected chi connectivity index (χ2v) is 5.80. The molecule has 0 saturated carbocycles. The smallest absolute Gasteiger partial charge is 0.311 e. The third-order valence-electron chi connectivity index (χ3n) is 3.71. The molecule has 3 aromatic rings. The van der Waals surface area contributed by atoms with Crippen LogP contribution in [0.15, 0.2) is 60.7 Å². The van der Waals surface area contributed by atoms with Gasteiger partial charge in [0.1, 0.15) is 5.82 Å². The van der Waals surface area contributed by atoms with Crippen LogP contribution in [0.4, 0.5) is 28.7 Å². The molecule has 1 heterocycles. The highest BCUT2D eigenvalue weighted by molar-refractivity contribution is 5.69. The summed E-state index contributed by atoms with van der Waals surface area (Å²) in [5.41, 5.74) is 3.81. The lowest BCUT2D eigenvalue weighted by molar-refractivity contribution is -0.384. The molecule has 0 fully saturated rings. The lowest BCUT2D eigenvalue weighted by Gasteiger charge is -2.10. The number of rotatable bonds is 5. The second kappa shape index (κ2) is 7.00. The molecule has 0 saturated heterocycles. The Morgan fingerprint density at radius 1 is 0.800 bits per heavy atom. The van der Waals surface area contributed by atoms with Crippen LogP contribution < -0.4 is 10.6 Å². The first-order valence-electron chi connectivity index (χ1n) is 7.84. The number of hydrogen-bond acceptors (Lipinski definition) is 5. The summed E-state index contributed by atoms with van der Waals surface area (Å²) in [5, 5.41) is 17.5. The Bertz CT molecular complexity index is 890. The number of nitrogens with zero attached hydrogens (tertiary/aromatic N) is 2. The highest BCUT2D eigenvalue weighted by Crippen LogP contribution is 2.28. The van der Waals surface area contributed by atoms with E-state index in [2.05, 4.69) is 15.6 Å². The van der Waals surface area contributed by atoms with E-state index in [9.17, 15) is 10.1 Å². The molecule has 0 aliphatic heterocycles. The standard InChI is InChI=1S/C19H18N4O2/c1-13-3-7-15(8-4-13)20-18-12-11-17(23(24)25)19(22-18)21-16-9-5-14(2)6-10-16/h3-12H,1-2H3,(H2,20,21,22). The summed E-state index contributed by atoms with van der Waals surface area (Å²) >= 11 is 0. The van der Waals surface area contributed by atoms with Crippen LogP contribution in [0.25, 0.3) is 0 Å². The summed E-state index contributed by atoms with van der Waals surface area (Å²) in [7, 11) is 0. The predicted molar refractivity (Wildman–Crippen MR) is 99.8 cm³/mol. The molecule has 0 amide bonds. The van der Waals surface area contributed by atoms with Crippen molar-refractivity contribution < 1.29 is 4.92 Å². The third-order valence-corrected chi connectivity index (χ3v) is 3.71. The molecule has 1 aromatic heterocycles. The SMILES string of the molecule is Cc1ccc(Nc2ccc([N+](=O)[O-])c(Nc3ccc(C)cc3)n2)cc1. The van der Waals surface area contributed by atoms with Gasteiger partial charge < -0.3 is 10.6 Å². The van der Waals surface area contributed by atoms with Crippen molar-refractivity contribution in [1.82, 2.24) is 4.98 Å². The number of anilines is 4. The average molecular weight is 334 g/mol. The summed E-state index contributed by atoms with van der Waals surface area (Å²) in [6.45, 7) is 3.99. The monoisotopic (exact) mass is 334 g/mol. The van der Waals surface area contributed by atoms with Crippen molar-refractivity contribution in [2.75, 3.05) is 10.6 Å². The van der Waals surface area contributed by atoms with Crippen LogP contribution in [-0.2, 0) is 0 Å². The molecule has 2 N–H and O–H groups in total.